The van der Waals surface area contributed by atoms with Crippen LogP contribution in [0.2, 0.25) is 0 Å². The number of carbonyl (C=O) groups excluding carboxylic acids is 1. The van der Waals surface area contributed by atoms with Gasteiger partial charge in [-0.25, -0.2) is 9.97 Å². The van der Waals surface area contributed by atoms with E-state index in [1.165, 1.54) is 0 Å². The van der Waals surface area contributed by atoms with Crippen molar-refractivity contribution in [3.05, 3.63) is 17.5 Å². The van der Waals surface area contributed by atoms with Crippen LogP contribution in [0.15, 0.2) is 6.20 Å². The number of nitrogens with zero attached hydrogens (tertiary/aromatic N) is 3. The Morgan fingerprint density at radius 2 is 2.25 bits per heavy atom. The molecule has 1 aliphatic heterocycles. The van der Waals surface area contributed by atoms with Gasteiger partial charge < -0.3 is 9.64 Å². The molecule has 0 radical (unpaired) electrons. The van der Waals surface area contributed by atoms with Gasteiger partial charge in [0.2, 0.25) is 5.95 Å². The molecular formula is C11H15N3O2. The number of hydrogen-bond acceptors (Lipinski definition) is 5. The van der Waals surface area contributed by atoms with Crippen molar-refractivity contribution in [2.24, 2.45) is 0 Å². The second-order valence-corrected chi connectivity index (χ2v) is 3.64. The van der Waals surface area contributed by atoms with Gasteiger partial charge in [0.15, 0.2) is 6.29 Å². The van der Waals surface area contributed by atoms with Gasteiger partial charge in [0, 0.05) is 19.3 Å². The third kappa shape index (κ3) is 2.19. The summed E-state index contributed by atoms with van der Waals surface area (Å²) in [5.41, 5.74) is 1.39. The summed E-state index contributed by atoms with van der Waals surface area (Å²) in [5.74, 6) is 0.700. The molecule has 1 aliphatic rings. The van der Waals surface area contributed by atoms with Crippen molar-refractivity contribution >= 4 is 12.2 Å². The number of aryl methyl sites for hydroxylation is 1. The van der Waals surface area contributed by atoms with E-state index in [9.17, 15) is 4.79 Å². The van der Waals surface area contributed by atoms with Crippen molar-refractivity contribution in [2.45, 2.75) is 13.3 Å². The molecule has 5 nitrogen and oxygen atoms in total. The predicted octanol–water partition coefficient (Wildman–Crippen LogP) is 0.688. The highest BCUT2D eigenvalue weighted by Crippen LogP contribution is 2.12. The molecule has 0 spiro atoms. The number of ether oxygens (including phenoxy) is 1. The summed E-state index contributed by atoms with van der Waals surface area (Å²) in [6.07, 6.45) is 3.15. The lowest BCUT2D eigenvalue weighted by Crippen LogP contribution is -2.37. The van der Waals surface area contributed by atoms with Gasteiger partial charge in [-0.15, -0.1) is 0 Å². The quantitative estimate of drug-likeness (QED) is 0.703. The zero-order valence-corrected chi connectivity index (χ0v) is 9.35. The molecule has 1 aromatic heterocycles. The maximum Gasteiger partial charge on any atom is 0.225 e. The molecule has 5 heteroatoms. The molecule has 2 rings (SSSR count). The van der Waals surface area contributed by atoms with Gasteiger partial charge in [-0.05, 0) is 6.42 Å². The standard InChI is InChI=1S/C11H15N3O2/c1-2-10-9(8-15)7-12-11(13-10)14-3-5-16-6-4-14/h7-8H,2-6H2,1H3. The van der Waals surface area contributed by atoms with Gasteiger partial charge in [0.05, 0.1) is 24.5 Å². The third-order valence-electron chi connectivity index (χ3n) is 2.64. The van der Waals surface area contributed by atoms with Gasteiger partial charge in [0.1, 0.15) is 0 Å². The monoisotopic (exact) mass is 221 g/mol. The van der Waals surface area contributed by atoms with Crippen LogP contribution in [0.4, 0.5) is 5.95 Å². The largest absolute Gasteiger partial charge is 0.378 e. The van der Waals surface area contributed by atoms with Crippen molar-refractivity contribution in [2.75, 3.05) is 31.2 Å². The normalized spacial score (nSPS) is 16.2. The number of rotatable bonds is 3. The lowest BCUT2D eigenvalue weighted by Gasteiger charge is -2.27. The summed E-state index contributed by atoms with van der Waals surface area (Å²) in [5, 5.41) is 0. The fraction of sp³-hybridized carbons (Fsp3) is 0.545. The molecule has 0 atom stereocenters. The van der Waals surface area contributed by atoms with E-state index in [1.807, 2.05) is 6.92 Å². The molecule has 0 aliphatic carbocycles. The van der Waals surface area contributed by atoms with Crippen LogP contribution in [0, 0.1) is 0 Å². The first kappa shape index (κ1) is 11.0. The van der Waals surface area contributed by atoms with E-state index in [4.69, 9.17) is 4.74 Å². The molecule has 86 valence electrons. The number of hydrogen-bond donors (Lipinski definition) is 0. The zero-order valence-electron chi connectivity index (χ0n) is 9.35. The first-order valence-corrected chi connectivity index (χ1v) is 5.49. The molecule has 16 heavy (non-hydrogen) atoms. The number of aldehydes is 1. The number of carbonyl (C=O) groups is 1. The second-order valence-electron chi connectivity index (χ2n) is 3.64. The fourth-order valence-corrected chi connectivity index (χ4v) is 1.71. The lowest BCUT2D eigenvalue weighted by molar-refractivity contribution is 0.112. The van der Waals surface area contributed by atoms with Crippen LogP contribution >= 0.6 is 0 Å². The summed E-state index contributed by atoms with van der Waals surface area (Å²) < 4.78 is 5.27. The van der Waals surface area contributed by atoms with E-state index in [0.29, 0.717) is 24.7 Å². The maximum absolute atomic E-state index is 10.8. The molecule has 0 unspecified atom stereocenters. The van der Waals surface area contributed by atoms with Crippen molar-refractivity contribution in [3.8, 4) is 0 Å². The average molecular weight is 221 g/mol. The Morgan fingerprint density at radius 3 is 2.88 bits per heavy atom. The summed E-state index contributed by atoms with van der Waals surface area (Å²) in [6, 6.07) is 0. The molecule has 1 aromatic rings. The van der Waals surface area contributed by atoms with Crippen molar-refractivity contribution in [3.63, 3.8) is 0 Å². The first-order chi connectivity index (χ1) is 7.85. The van der Waals surface area contributed by atoms with E-state index >= 15 is 0 Å². The number of morpholine rings is 1. The number of anilines is 1. The molecule has 1 saturated heterocycles. The summed E-state index contributed by atoms with van der Waals surface area (Å²) >= 11 is 0. The molecule has 0 bridgehead atoms. The Kier molecular flexibility index (Phi) is 3.46. The third-order valence-corrected chi connectivity index (χ3v) is 2.64. The summed E-state index contributed by atoms with van der Waals surface area (Å²) in [7, 11) is 0. The van der Waals surface area contributed by atoms with E-state index in [1.54, 1.807) is 6.20 Å². The van der Waals surface area contributed by atoms with Crippen LogP contribution in [0.25, 0.3) is 0 Å². The predicted molar refractivity (Wildman–Crippen MR) is 59.8 cm³/mol. The Labute approximate surface area is 94.5 Å². The van der Waals surface area contributed by atoms with E-state index in [2.05, 4.69) is 14.9 Å². The Morgan fingerprint density at radius 1 is 1.50 bits per heavy atom. The molecular weight excluding hydrogens is 206 g/mol. The fourth-order valence-electron chi connectivity index (χ4n) is 1.71. The minimum atomic E-state index is 0.583. The van der Waals surface area contributed by atoms with Gasteiger partial charge in [0.25, 0.3) is 0 Å². The SMILES string of the molecule is CCc1nc(N2CCOCC2)ncc1C=O. The van der Waals surface area contributed by atoms with E-state index < -0.39 is 0 Å². The van der Waals surface area contributed by atoms with Crippen molar-refractivity contribution < 1.29 is 9.53 Å². The van der Waals surface area contributed by atoms with Gasteiger partial charge in [-0.1, -0.05) is 6.92 Å². The minimum Gasteiger partial charge on any atom is -0.378 e. The van der Waals surface area contributed by atoms with Crippen LogP contribution < -0.4 is 4.90 Å². The van der Waals surface area contributed by atoms with Gasteiger partial charge in [-0.3, -0.25) is 4.79 Å². The van der Waals surface area contributed by atoms with Crippen LogP contribution in [0.5, 0.6) is 0 Å². The van der Waals surface area contributed by atoms with Crippen LogP contribution in [0.1, 0.15) is 23.0 Å². The smallest absolute Gasteiger partial charge is 0.225 e. The topological polar surface area (TPSA) is 55.3 Å². The van der Waals surface area contributed by atoms with Crippen LogP contribution in [-0.4, -0.2) is 42.6 Å². The van der Waals surface area contributed by atoms with Crippen molar-refractivity contribution in [1.29, 1.82) is 0 Å². The summed E-state index contributed by atoms with van der Waals surface area (Å²) in [4.78, 5) is 21.5. The molecule has 1 fully saturated rings. The minimum absolute atomic E-state index is 0.583. The summed E-state index contributed by atoms with van der Waals surface area (Å²) in [6.45, 7) is 5.02. The Balaban J connectivity index is 2.24. The van der Waals surface area contributed by atoms with Crippen molar-refractivity contribution in [1.82, 2.24) is 9.97 Å². The molecule has 0 aromatic carbocycles. The van der Waals surface area contributed by atoms with Gasteiger partial charge in [-0.2, -0.15) is 0 Å². The molecule has 0 amide bonds. The second kappa shape index (κ2) is 5.03. The highest BCUT2D eigenvalue weighted by Gasteiger charge is 2.15. The average Bonchev–Trinajstić information content (AvgIpc) is 2.39. The lowest BCUT2D eigenvalue weighted by atomic mass is 10.2. The van der Waals surface area contributed by atoms with Crippen LogP contribution in [0.3, 0.4) is 0 Å². The zero-order chi connectivity index (χ0) is 11.4. The number of aromatic nitrogens is 2. The van der Waals surface area contributed by atoms with Crippen LogP contribution in [-0.2, 0) is 11.2 Å². The highest BCUT2D eigenvalue weighted by atomic mass is 16.5. The molecule has 0 N–H and O–H groups in total. The maximum atomic E-state index is 10.8. The Hall–Kier alpha value is -1.49. The van der Waals surface area contributed by atoms with E-state index in [0.717, 1.165) is 31.5 Å². The molecule has 0 saturated carbocycles. The highest BCUT2D eigenvalue weighted by molar-refractivity contribution is 5.76. The Bertz CT molecular complexity index is 375. The first-order valence-electron chi connectivity index (χ1n) is 5.49. The van der Waals surface area contributed by atoms with Gasteiger partial charge >= 0.3 is 0 Å². The van der Waals surface area contributed by atoms with E-state index in [-0.39, 0.29) is 0 Å². The molecule has 2 heterocycles.